The molecule has 6 heteroatoms. The fraction of sp³-hybridized carbons (Fsp3) is 0.143. The normalized spacial score (nSPS) is 10.5. The Morgan fingerprint density at radius 2 is 1.95 bits per heavy atom. The van der Waals surface area contributed by atoms with Gasteiger partial charge in [0.2, 0.25) is 0 Å². The Balaban J connectivity index is 2.08. The number of hydrazone groups is 1. The van der Waals surface area contributed by atoms with Crippen LogP contribution in [0.3, 0.4) is 0 Å². The molecule has 0 aliphatic carbocycles. The molecule has 0 aliphatic heterocycles. The van der Waals surface area contributed by atoms with Crippen LogP contribution in [0.25, 0.3) is 0 Å². The quantitative estimate of drug-likeness (QED) is 0.680. The Morgan fingerprint density at radius 3 is 2.50 bits per heavy atom. The number of carbonyl (C=O) groups excluding carboxylic acids is 1. The van der Waals surface area contributed by atoms with E-state index in [0.29, 0.717) is 17.1 Å². The topological polar surface area (TPSA) is 59.9 Å². The standard InChI is InChI=1S/C14H14N2O3S/c1-18-11-6-10(7-12(8-11)19-2)14(17)16-15-9-13-4-3-5-20-13/h3-9H,1-2H3,(H,16,17)/b15-9+. The lowest BCUT2D eigenvalue weighted by Gasteiger charge is -2.07. The fourth-order valence-electron chi connectivity index (χ4n) is 1.52. The van der Waals surface area contributed by atoms with Gasteiger partial charge >= 0.3 is 0 Å². The van der Waals surface area contributed by atoms with Crippen molar-refractivity contribution >= 4 is 23.5 Å². The minimum absolute atomic E-state index is 0.324. The summed E-state index contributed by atoms with van der Waals surface area (Å²) < 4.78 is 10.2. The van der Waals surface area contributed by atoms with Crippen LogP contribution in [0.15, 0.2) is 40.8 Å². The van der Waals surface area contributed by atoms with Crippen molar-refractivity contribution in [3.63, 3.8) is 0 Å². The molecule has 20 heavy (non-hydrogen) atoms. The van der Waals surface area contributed by atoms with Gasteiger partial charge in [-0.3, -0.25) is 4.79 Å². The molecule has 5 nitrogen and oxygen atoms in total. The van der Waals surface area contributed by atoms with E-state index in [-0.39, 0.29) is 5.91 Å². The molecule has 104 valence electrons. The highest BCUT2D eigenvalue weighted by Gasteiger charge is 2.08. The van der Waals surface area contributed by atoms with Crippen LogP contribution in [-0.4, -0.2) is 26.3 Å². The first-order valence-corrected chi connectivity index (χ1v) is 6.71. The van der Waals surface area contributed by atoms with Crippen molar-refractivity contribution < 1.29 is 14.3 Å². The van der Waals surface area contributed by atoms with E-state index < -0.39 is 0 Å². The van der Waals surface area contributed by atoms with E-state index >= 15 is 0 Å². The number of methoxy groups -OCH3 is 2. The van der Waals surface area contributed by atoms with Crippen molar-refractivity contribution in [3.8, 4) is 11.5 Å². The zero-order valence-electron chi connectivity index (χ0n) is 11.1. The fourth-order valence-corrected chi connectivity index (χ4v) is 2.11. The van der Waals surface area contributed by atoms with Crippen LogP contribution in [0.1, 0.15) is 15.2 Å². The molecular weight excluding hydrogens is 276 g/mol. The number of benzene rings is 1. The van der Waals surface area contributed by atoms with E-state index in [1.165, 1.54) is 14.2 Å². The molecule has 1 heterocycles. The van der Waals surface area contributed by atoms with Gasteiger partial charge in [-0.2, -0.15) is 5.10 Å². The van der Waals surface area contributed by atoms with Crippen LogP contribution < -0.4 is 14.9 Å². The molecule has 1 amide bonds. The Labute approximate surface area is 120 Å². The van der Waals surface area contributed by atoms with Gasteiger partial charge in [-0.25, -0.2) is 5.43 Å². The largest absolute Gasteiger partial charge is 0.497 e. The number of carbonyl (C=O) groups is 1. The summed E-state index contributed by atoms with van der Waals surface area (Å²) in [5.41, 5.74) is 2.89. The van der Waals surface area contributed by atoms with Crippen LogP contribution in [0.2, 0.25) is 0 Å². The Hall–Kier alpha value is -2.34. The Bertz CT molecular complexity index is 587. The van der Waals surface area contributed by atoms with Crippen LogP contribution in [0.4, 0.5) is 0 Å². The van der Waals surface area contributed by atoms with Gasteiger partial charge in [0, 0.05) is 16.5 Å². The number of thiophene rings is 1. The van der Waals surface area contributed by atoms with Crippen molar-refractivity contribution in [2.45, 2.75) is 0 Å². The van der Waals surface area contributed by atoms with E-state index in [4.69, 9.17) is 9.47 Å². The highest BCUT2D eigenvalue weighted by molar-refractivity contribution is 7.11. The van der Waals surface area contributed by atoms with Crippen molar-refractivity contribution in [1.29, 1.82) is 0 Å². The molecule has 0 saturated heterocycles. The summed E-state index contributed by atoms with van der Waals surface area (Å²) >= 11 is 1.54. The van der Waals surface area contributed by atoms with Crippen molar-refractivity contribution in [2.75, 3.05) is 14.2 Å². The van der Waals surface area contributed by atoms with Gasteiger partial charge in [-0.15, -0.1) is 11.3 Å². The molecule has 0 aliphatic rings. The van der Waals surface area contributed by atoms with Gasteiger partial charge in [-0.1, -0.05) is 6.07 Å². The van der Waals surface area contributed by atoms with Crippen molar-refractivity contribution in [1.82, 2.24) is 5.43 Å². The average molecular weight is 290 g/mol. The van der Waals surface area contributed by atoms with E-state index in [9.17, 15) is 4.79 Å². The first-order valence-electron chi connectivity index (χ1n) is 5.83. The van der Waals surface area contributed by atoms with Crippen LogP contribution in [0.5, 0.6) is 11.5 Å². The third-order valence-electron chi connectivity index (χ3n) is 2.51. The number of rotatable bonds is 5. The predicted molar refractivity (Wildman–Crippen MR) is 78.9 cm³/mol. The van der Waals surface area contributed by atoms with Crippen LogP contribution >= 0.6 is 11.3 Å². The lowest BCUT2D eigenvalue weighted by atomic mass is 10.2. The van der Waals surface area contributed by atoms with Gasteiger partial charge in [0.1, 0.15) is 11.5 Å². The van der Waals surface area contributed by atoms with Gasteiger partial charge in [0.15, 0.2) is 0 Å². The number of ether oxygens (including phenoxy) is 2. The van der Waals surface area contributed by atoms with E-state index in [1.54, 1.807) is 35.8 Å². The summed E-state index contributed by atoms with van der Waals surface area (Å²) in [4.78, 5) is 12.9. The van der Waals surface area contributed by atoms with Gasteiger partial charge in [0.25, 0.3) is 5.91 Å². The highest BCUT2D eigenvalue weighted by Crippen LogP contribution is 2.22. The monoisotopic (exact) mass is 290 g/mol. The van der Waals surface area contributed by atoms with E-state index in [2.05, 4.69) is 10.5 Å². The zero-order valence-corrected chi connectivity index (χ0v) is 11.9. The van der Waals surface area contributed by atoms with E-state index in [0.717, 1.165) is 4.88 Å². The third kappa shape index (κ3) is 3.58. The Morgan fingerprint density at radius 1 is 1.25 bits per heavy atom. The highest BCUT2D eigenvalue weighted by atomic mass is 32.1. The summed E-state index contributed by atoms with van der Waals surface area (Å²) in [7, 11) is 3.07. The number of hydrogen-bond acceptors (Lipinski definition) is 5. The zero-order chi connectivity index (χ0) is 14.4. The van der Waals surface area contributed by atoms with Gasteiger partial charge in [0.05, 0.1) is 20.4 Å². The summed E-state index contributed by atoms with van der Waals surface area (Å²) in [5.74, 6) is 0.781. The van der Waals surface area contributed by atoms with Crippen LogP contribution in [-0.2, 0) is 0 Å². The lowest BCUT2D eigenvalue weighted by Crippen LogP contribution is -2.17. The molecule has 0 saturated carbocycles. The molecule has 0 unspecified atom stereocenters. The first-order chi connectivity index (χ1) is 9.72. The van der Waals surface area contributed by atoms with Crippen molar-refractivity contribution in [2.24, 2.45) is 5.10 Å². The second-order valence-electron chi connectivity index (χ2n) is 3.82. The molecule has 2 aromatic rings. The number of amides is 1. The summed E-state index contributed by atoms with van der Waals surface area (Å²) in [6, 6.07) is 8.78. The number of nitrogens with zero attached hydrogens (tertiary/aromatic N) is 1. The lowest BCUT2D eigenvalue weighted by molar-refractivity contribution is 0.0954. The molecule has 0 spiro atoms. The van der Waals surface area contributed by atoms with Gasteiger partial charge in [-0.05, 0) is 23.6 Å². The predicted octanol–water partition coefficient (Wildman–Crippen LogP) is 2.53. The molecule has 1 aromatic carbocycles. The molecule has 1 aromatic heterocycles. The summed E-state index contributed by atoms with van der Waals surface area (Å²) in [6.45, 7) is 0. The Kier molecular flexibility index (Phi) is 4.73. The maximum atomic E-state index is 12.0. The smallest absolute Gasteiger partial charge is 0.271 e. The molecular formula is C14H14N2O3S. The second kappa shape index (κ2) is 6.72. The maximum Gasteiger partial charge on any atom is 0.271 e. The average Bonchev–Trinajstić information content (AvgIpc) is 2.99. The molecule has 1 N–H and O–H groups in total. The molecule has 0 fully saturated rings. The minimum Gasteiger partial charge on any atom is -0.497 e. The first kappa shape index (κ1) is 14.1. The summed E-state index contributed by atoms with van der Waals surface area (Å²) in [6.07, 6.45) is 1.60. The molecule has 0 atom stereocenters. The molecule has 0 radical (unpaired) electrons. The number of nitrogens with one attached hydrogen (secondary N) is 1. The minimum atomic E-state index is -0.324. The van der Waals surface area contributed by atoms with Crippen LogP contribution in [0, 0.1) is 0 Å². The summed E-state index contributed by atoms with van der Waals surface area (Å²) in [5, 5.41) is 5.85. The molecule has 2 rings (SSSR count). The van der Waals surface area contributed by atoms with Gasteiger partial charge < -0.3 is 9.47 Å². The maximum absolute atomic E-state index is 12.0. The second-order valence-corrected chi connectivity index (χ2v) is 4.80. The van der Waals surface area contributed by atoms with Crippen molar-refractivity contribution in [3.05, 3.63) is 46.2 Å². The molecule has 0 bridgehead atoms. The SMILES string of the molecule is COc1cc(OC)cc(C(=O)N/N=C/c2cccs2)c1. The number of hydrogen-bond donors (Lipinski definition) is 1. The van der Waals surface area contributed by atoms with E-state index in [1.807, 2.05) is 17.5 Å². The third-order valence-corrected chi connectivity index (χ3v) is 3.32.